The molecule has 0 bridgehead atoms. The van der Waals surface area contributed by atoms with Crippen LogP contribution in [0.1, 0.15) is 38.5 Å². The van der Waals surface area contributed by atoms with Crippen LogP contribution >= 0.6 is 0 Å². The van der Waals surface area contributed by atoms with Gasteiger partial charge in [0.25, 0.3) is 0 Å². The Balaban J connectivity index is 1.56. The number of hydrogen-bond acceptors (Lipinski definition) is 2. The lowest BCUT2D eigenvalue weighted by Gasteiger charge is -2.35. The molecule has 1 N–H and O–H groups in total. The lowest BCUT2D eigenvalue weighted by atomic mass is 9.88. The molecule has 1 saturated carbocycles. The van der Waals surface area contributed by atoms with Crippen LogP contribution in [0.4, 0.5) is 0 Å². The topological polar surface area (TPSA) is 15.3 Å². The van der Waals surface area contributed by atoms with Crippen molar-refractivity contribution in [3.8, 4) is 0 Å². The Hall–Kier alpha value is -0.0800. The Labute approximate surface area is 87.0 Å². The van der Waals surface area contributed by atoms with Crippen molar-refractivity contribution in [1.29, 1.82) is 0 Å². The summed E-state index contributed by atoms with van der Waals surface area (Å²) in [7, 11) is 0. The third-order valence-electron chi connectivity index (χ3n) is 4.23. The van der Waals surface area contributed by atoms with Crippen molar-refractivity contribution in [2.45, 2.75) is 44.1 Å². The molecule has 2 heteroatoms. The van der Waals surface area contributed by atoms with Gasteiger partial charge in [0.15, 0.2) is 0 Å². The molecule has 3 aliphatic rings. The van der Waals surface area contributed by atoms with Crippen LogP contribution in [0.3, 0.4) is 0 Å². The van der Waals surface area contributed by atoms with Gasteiger partial charge in [-0.3, -0.25) is 0 Å². The molecule has 0 amide bonds. The molecule has 0 radical (unpaired) electrons. The van der Waals surface area contributed by atoms with E-state index in [9.17, 15) is 0 Å². The molecule has 0 aromatic rings. The lowest BCUT2D eigenvalue weighted by molar-refractivity contribution is 0.234. The molecule has 2 heterocycles. The summed E-state index contributed by atoms with van der Waals surface area (Å²) in [5, 5.41) is 3.78. The summed E-state index contributed by atoms with van der Waals surface area (Å²) in [5.74, 6) is 1.06. The zero-order chi connectivity index (χ0) is 9.43. The van der Waals surface area contributed by atoms with E-state index in [0.717, 1.165) is 5.92 Å². The minimum atomic E-state index is 0.535. The summed E-state index contributed by atoms with van der Waals surface area (Å²) in [6.07, 6.45) is 8.66. The molecule has 2 saturated heterocycles. The number of nitrogens with one attached hydrogen (secondary N) is 1. The summed E-state index contributed by atoms with van der Waals surface area (Å²) in [6.45, 7) is 5.34. The van der Waals surface area contributed by atoms with Crippen molar-refractivity contribution in [2.75, 3.05) is 26.2 Å². The zero-order valence-electron chi connectivity index (χ0n) is 9.10. The smallest absolute Gasteiger partial charge is 0.0320 e. The Morgan fingerprint density at radius 3 is 2.86 bits per heavy atom. The molecule has 1 atom stereocenters. The quantitative estimate of drug-likeness (QED) is 0.718. The molecule has 3 rings (SSSR count). The first-order chi connectivity index (χ1) is 6.86. The van der Waals surface area contributed by atoms with Gasteiger partial charge in [-0.05, 0) is 44.6 Å². The van der Waals surface area contributed by atoms with E-state index in [1.165, 1.54) is 64.7 Å². The summed E-state index contributed by atoms with van der Waals surface area (Å²) < 4.78 is 0. The minimum Gasteiger partial charge on any atom is -0.310 e. The Bertz CT molecular complexity index is 204. The monoisotopic (exact) mass is 194 g/mol. The average Bonchev–Trinajstić information content (AvgIpc) is 2.93. The zero-order valence-corrected chi connectivity index (χ0v) is 9.10. The second-order valence-corrected chi connectivity index (χ2v) is 5.59. The fourth-order valence-electron chi connectivity index (χ4n) is 3.16. The average molecular weight is 194 g/mol. The van der Waals surface area contributed by atoms with Gasteiger partial charge in [-0.25, -0.2) is 0 Å². The summed E-state index contributed by atoms with van der Waals surface area (Å²) in [4.78, 5) is 2.70. The highest BCUT2D eigenvalue weighted by Crippen LogP contribution is 2.34. The molecule has 0 aromatic heterocycles. The molecule has 2 aliphatic heterocycles. The molecule has 1 unspecified atom stereocenters. The van der Waals surface area contributed by atoms with Crippen LogP contribution in [0, 0.1) is 5.92 Å². The number of piperidine rings is 1. The van der Waals surface area contributed by atoms with Gasteiger partial charge in [0.2, 0.25) is 0 Å². The van der Waals surface area contributed by atoms with Crippen molar-refractivity contribution in [2.24, 2.45) is 5.92 Å². The maximum atomic E-state index is 3.78. The van der Waals surface area contributed by atoms with E-state index in [0.29, 0.717) is 5.54 Å². The van der Waals surface area contributed by atoms with Crippen molar-refractivity contribution in [3.05, 3.63) is 0 Å². The number of hydrogen-bond donors (Lipinski definition) is 1. The standard InChI is InChI=1S/C12H22N2/c1-2-7-13-12(5-1)6-8-14(10-12)9-11-3-4-11/h11,13H,1-10H2. The highest BCUT2D eigenvalue weighted by Gasteiger charge is 2.39. The van der Waals surface area contributed by atoms with E-state index in [4.69, 9.17) is 0 Å². The molecular formula is C12H22N2. The fourth-order valence-corrected chi connectivity index (χ4v) is 3.16. The van der Waals surface area contributed by atoms with Crippen LogP contribution in [0.2, 0.25) is 0 Å². The first-order valence-electron chi connectivity index (χ1n) is 6.34. The molecule has 1 aliphatic carbocycles. The SMILES string of the molecule is C1CCC2(CCN(CC3CC3)C2)NC1. The van der Waals surface area contributed by atoms with E-state index in [2.05, 4.69) is 10.2 Å². The van der Waals surface area contributed by atoms with Crippen LogP contribution in [0.5, 0.6) is 0 Å². The summed E-state index contributed by atoms with van der Waals surface area (Å²) in [5.41, 5.74) is 0.535. The van der Waals surface area contributed by atoms with Crippen molar-refractivity contribution in [1.82, 2.24) is 10.2 Å². The van der Waals surface area contributed by atoms with Gasteiger partial charge in [0, 0.05) is 25.2 Å². The molecule has 2 nitrogen and oxygen atoms in total. The molecule has 0 aromatic carbocycles. The second-order valence-electron chi connectivity index (χ2n) is 5.59. The van der Waals surface area contributed by atoms with E-state index in [1.807, 2.05) is 0 Å². The van der Waals surface area contributed by atoms with Crippen LogP contribution < -0.4 is 5.32 Å². The molecule has 14 heavy (non-hydrogen) atoms. The third-order valence-corrected chi connectivity index (χ3v) is 4.23. The van der Waals surface area contributed by atoms with Gasteiger partial charge in [-0.15, -0.1) is 0 Å². The normalized spacial score (nSPS) is 39.4. The van der Waals surface area contributed by atoms with E-state index < -0.39 is 0 Å². The molecule has 1 spiro atoms. The molecule has 3 fully saturated rings. The van der Waals surface area contributed by atoms with E-state index >= 15 is 0 Å². The largest absolute Gasteiger partial charge is 0.310 e. The molecule has 80 valence electrons. The molecular weight excluding hydrogens is 172 g/mol. The van der Waals surface area contributed by atoms with Gasteiger partial charge in [-0.2, -0.15) is 0 Å². The van der Waals surface area contributed by atoms with Gasteiger partial charge in [0.1, 0.15) is 0 Å². The second kappa shape index (κ2) is 3.49. The van der Waals surface area contributed by atoms with Gasteiger partial charge in [0.05, 0.1) is 0 Å². The highest BCUT2D eigenvalue weighted by atomic mass is 15.2. The van der Waals surface area contributed by atoms with Crippen molar-refractivity contribution >= 4 is 0 Å². The first-order valence-corrected chi connectivity index (χ1v) is 6.34. The Morgan fingerprint density at radius 1 is 1.21 bits per heavy atom. The van der Waals surface area contributed by atoms with Crippen LogP contribution in [0.25, 0.3) is 0 Å². The van der Waals surface area contributed by atoms with Gasteiger partial charge < -0.3 is 10.2 Å². The Kier molecular flexibility index (Phi) is 2.29. The summed E-state index contributed by atoms with van der Waals surface area (Å²) in [6, 6.07) is 0. The predicted octanol–water partition coefficient (Wildman–Crippen LogP) is 1.61. The van der Waals surface area contributed by atoms with E-state index in [1.54, 1.807) is 0 Å². The number of rotatable bonds is 2. The number of likely N-dealkylation sites (tertiary alicyclic amines) is 1. The van der Waals surface area contributed by atoms with Crippen molar-refractivity contribution in [3.63, 3.8) is 0 Å². The first kappa shape index (κ1) is 9.17. The minimum absolute atomic E-state index is 0.535. The lowest BCUT2D eigenvalue weighted by Crippen LogP contribution is -2.50. The van der Waals surface area contributed by atoms with Crippen molar-refractivity contribution < 1.29 is 0 Å². The van der Waals surface area contributed by atoms with Crippen LogP contribution in [0.15, 0.2) is 0 Å². The van der Waals surface area contributed by atoms with Gasteiger partial charge >= 0.3 is 0 Å². The fraction of sp³-hybridized carbons (Fsp3) is 1.00. The van der Waals surface area contributed by atoms with Crippen LogP contribution in [-0.2, 0) is 0 Å². The maximum Gasteiger partial charge on any atom is 0.0320 e. The van der Waals surface area contributed by atoms with E-state index in [-0.39, 0.29) is 0 Å². The Morgan fingerprint density at radius 2 is 2.14 bits per heavy atom. The maximum absolute atomic E-state index is 3.78. The van der Waals surface area contributed by atoms with Gasteiger partial charge in [-0.1, -0.05) is 6.42 Å². The van der Waals surface area contributed by atoms with Crippen LogP contribution in [-0.4, -0.2) is 36.6 Å². The predicted molar refractivity (Wildman–Crippen MR) is 58.4 cm³/mol. The third kappa shape index (κ3) is 1.82. The summed E-state index contributed by atoms with van der Waals surface area (Å²) >= 11 is 0. The number of nitrogens with zero attached hydrogens (tertiary/aromatic N) is 1. The highest BCUT2D eigenvalue weighted by molar-refractivity contribution is 4.99.